The highest BCUT2D eigenvalue weighted by Crippen LogP contribution is 2.21. The lowest BCUT2D eigenvalue weighted by atomic mass is 10.0. The first-order valence-corrected chi connectivity index (χ1v) is 7.97. The van der Waals surface area contributed by atoms with Gasteiger partial charge in [-0.05, 0) is 51.4 Å². The van der Waals surface area contributed by atoms with E-state index in [-0.39, 0.29) is 5.91 Å². The summed E-state index contributed by atoms with van der Waals surface area (Å²) in [5.74, 6) is 0.168. The normalized spacial score (nSPS) is 24.7. The molecule has 0 saturated carbocycles. The van der Waals surface area contributed by atoms with E-state index in [1.54, 1.807) is 0 Å². The highest BCUT2D eigenvalue weighted by Gasteiger charge is 2.32. The van der Waals surface area contributed by atoms with Gasteiger partial charge in [-0.15, -0.1) is 0 Å². The van der Waals surface area contributed by atoms with Crippen molar-refractivity contribution < 1.29 is 4.79 Å². The second-order valence-electron chi connectivity index (χ2n) is 6.49. The Balaban J connectivity index is 1.62. The van der Waals surface area contributed by atoms with Crippen molar-refractivity contribution in [3.8, 4) is 0 Å². The van der Waals surface area contributed by atoms with Crippen molar-refractivity contribution in [1.82, 2.24) is 14.4 Å². The first kappa shape index (κ1) is 14.6. The first-order chi connectivity index (χ1) is 10.1. The van der Waals surface area contributed by atoms with Crippen molar-refractivity contribution >= 4 is 5.91 Å². The molecule has 5 heteroatoms. The molecule has 1 unspecified atom stereocenters. The molecule has 2 fully saturated rings. The summed E-state index contributed by atoms with van der Waals surface area (Å²) in [6, 6.07) is 4.83. The molecule has 0 aliphatic carbocycles. The zero-order valence-corrected chi connectivity index (χ0v) is 13.1. The highest BCUT2D eigenvalue weighted by molar-refractivity contribution is 5.93. The highest BCUT2D eigenvalue weighted by atomic mass is 16.2. The fourth-order valence-corrected chi connectivity index (χ4v) is 3.50. The summed E-state index contributed by atoms with van der Waals surface area (Å²) in [5, 5.41) is 0. The molecule has 1 aromatic heterocycles. The summed E-state index contributed by atoms with van der Waals surface area (Å²) in [6.07, 6.45) is 3.26. The Hall–Kier alpha value is -1.33. The van der Waals surface area contributed by atoms with E-state index in [4.69, 9.17) is 5.73 Å². The molecule has 0 aromatic carbocycles. The minimum absolute atomic E-state index is 0.168. The number of rotatable bonds is 2. The third-order valence-corrected chi connectivity index (χ3v) is 5.13. The number of nitrogens with zero attached hydrogens (tertiary/aromatic N) is 3. The Kier molecular flexibility index (Phi) is 4.04. The maximum atomic E-state index is 12.6. The molecule has 116 valence electrons. The second-order valence-corrected chi connectivity index (χ2v) is 6.49. The van der Waals surface area contributed by atoms with Gasteiger partial charge in [0.05, 0.1) is 0 Å². The van der Waals surface area contributed by atoms with Crippen LogP contribution in [0.2, 0.25) is 0 Å². The molecule has 3 rings (SSSR count). The number of carbonyl (C=O) groups is 1. The smallest absolute Gasteiger partial charge is 0.270 e. The van der Waals surface area contributed by atoms with Gasteiger partial charge in [0.25, 0.3) is 5.91 Å². The number of amides is 1. The molecule has 2 N–H and O–H groups in total. The number of likely N-dealkylation sites (tertiary alicyclic amines) is 2. The molecular weight excluding hydrogens is 264 g/mol. The van der Waals surface area contributed by atoms with Crippen molar-refractivity contribution in [2.24, 2.45) is 12.8 Å². The maximum absolute atomic E-state index is 12.6. The minimum Gasteiger partial charge on any atom is -0.344 e. The summed E-state index contributed by atoms with van der Waals surface area (Å²) in [4.78, 5) is 17.2. The molecule has 1 amide bonds. The summed E-state index contributed by atoms with van der Waals surface area (Å²) >= 11 is 0. The van der Waals surface area contributed by atoms with Gasteiger partial charge in [-0.2, -0.15) is 0 Å². The Morgan fingerprint density at radius 2 is 1.90 bits per heavy atom. The second kappa shape index (κ2) is 5.81. The molecule has 3 heterocycles. The minimum atomic E-state index is 0.168. The predicted octanol–water partition coefficient (Wildman–Crippen LogP) is 0.971. The van der Waals surface area contributed by atoms with Gasteiger partial charge in [0.15, 0.2) is 0 Å². The summed E-state index contributed by atoms with van der Waals surface area (Å²) in [7, 11) is 1.96. The van der Waals surface area contributed by atoms with Crippen LogP contribution in [0.15, 0.2) is 12.1 Å². The van der Waals surface area contributed by atoms with E-state index < -0.39 is 0 Å². The third kappa shape index (κ3) is 2.85. The first-order valence-electron chi connectivity index (χ1n) is 7.97. The molecule has 2 saturated heterocycles. The van der Waals surface area contributed by atoms with Crippen molar-refractivity contribution in [2.45, 2.75) is 38.3 Å². The van der Waals surface area contributed by atoms with E-state index in [0.717, 1.165) is 56.8 Å². The van der Waals surface area contributed by atoms with E-state index in [1.807, 2.05) is 35.6 Å². The van der Waals surface area contributed by atoms with Gasteiger partial charge in [-0.1, -0.05) is 0 Å². The van der Waals surface area contributed by atoms with Crippen molar-refractivity contribution in [1.29, 1.82) is 0 Å². The van der Waals surface area contributed by atoms with Crippen LogP contribution in [0.1, 0.15) is 35.4 Å². The zero-order valence-electron chi connectivity index (χ0n) is 13.1. The molecule has 2 aliphatic heterocycles. The largest absolute Gasteiger partial charge is 0.344 e. The molecule has 2 aliphatic rings. The number of piperidine rings is 1. The quantitative estimate of drug-likeness (QED) is 0.883. The van der Waals surface area contributed by atoms with Crippen LogP contribution in [-0.4, -0.2) is 58.5 Å². The van der Waals surface area contributed by atoms with Crippen molar-refractivity contribution in [3.05, 3.63) is 23.5 Å². The zero-order chi connectivity index (χ0) is 15.0. The van der Waals surface area contributed by atoms with Gasteiger partial charge < -0.3 is 15.2 Å². The van der Waals surface area contributed by atoms with Crippen LogP contribution < -0.4 is 5.73 Å². The number of nitrogens with two attached hydrogens (primary N) is 1. The standard InChI is InChI=1S/C16H26N4O/c1-12-3-4-15(18(12)2)16(21)20-10-7-14(11-20)19-8-5-13(17)6-9-19/h3-4,13-14H,5-11,17H2,1-2H3. The van der Waals surface area contributed by atoms with E-state index >= 15 is 0 Å². The Morgan fingerprint density at radius 1 is 1.19 bits per heavy atom. The van der Waals surface area contributed by atoms with Crippen LogP contribution in [0.4, 0.5) is 0 Å². The van der Waals surface area contributed by atoms with Crippen LogP contribution in [0, 0.1) is 6.92 Å². The van der Waals surface area contributed by atoms with Crippen LogP contribution in [0.3, 0.4) is 0 Å². The number of hydrogen-bond acceptors (Lipinski definition) is 3. The maximum Gasteiger partial charge on any atom is 0.270 e. The average Bonchev–Trinajstić information content (AvgIpc) is 3.08. The van der Waals surface area contributed by atoms with E-state index in [1.165, 1.54) is 0 Å². The van der Waals surface area contributed by atoms with Crippen molar-refractivity contribution in [2.75, 3.05) is 26.2 Å². The van der Waals surface area contributed by atoms with Crippen LogP contribution >= 0.6 is 0 Å². The molecule has 0 radical (unpaired) electrons. The molecule has 0 bridgehead atoms. The Labute approximate surface area is 126 Å². The average molecular weight is 290 g/mol. The lowest BCUT2D eigenvalue weighted by molar-refractivity contribution is 0.0760. The lowest BCUT2D eigenvalue weighted by Gasteiger charge is -2.34. The van der Waals surface area contributed by atoms with Crippen LogP contribution in [0.5, 0.6) is 0 Å². The molecular formula is C16H26N4O. The molecule has 1 aromatic rings. The van der Waals surface area contributed by atoms with Gasteiger partial charge in [-0.25, -0.2) is 0 Å². The summed E-state index contributed by atoms with van der Waals surface area (Å²) in [5.41, 5.74) is 7.90. The van der Waals surface area contributed by atoms with E-state index in [0.29, 0.717) is 12.1 Å². The lowest BCUT2D eigenvalue weighted by Crippen LogP contribution is -2.46. The topological polar surface area (TPSA) is 54.5 Å². The van der Waals surface area contributed by atoms with Gasteiger partial charge >= 0.3 is 0 Å². The molecule has 1 atom stereocenters. The number of aryl methyl sites for hydroxylation is 1. The number of aromatic nitrogens is 1. The van der Waals surface area contributed by atoms with Crippen molar-refractivity contribution in [3.63, 3.8) is 0 Å². The SMILES string of the molecule is Cc1ccc(C(=O)N2CCC(N3CCC(N)CC3)C2)n1C. The third-order valence-electron chi connectivity index (χ3n) is 5.13. The van der Waals surface area contributed by atoms with Crippen LogP contribution in [0.25, 0.3) is 0 Å². The summed E-state index contributed by atoms with van der Waals surface area (Å²) in [6.45, 7) is 5.92. The molecule has 5 nitrogen and oxygen atoms in total. The molecule has 21 heavy (non-hydrogen) atoms. The van der Waals surface area contributed by atoms with Gasteiger partial charge in [0.1, 0.15) is 5.69 Å². The fourth-order valence-electron chi connectivity index (χ4n) is 3.50. The van der Waals surface area contributed by atoms with Gasteiger partial charge in [-0.3, -0.25) is 9.69 Å². The predicted molar refractivity (Wildman–Crippen MR) is 83.2 cm³/mol. The summed E-state index contributed by atoms with van der Waals surface area (Å²) < 4.78 is 1.98. The Morgan fingerprint density at radius 3 is 2.52 bits per heavy atom. The van der Waals surface area contributed by atoms with Gasteiger partial charge in [0.2, 0.25) is 0 Å². The number of carbonyl (C=O) groups excluding carboxylic acids is 1. The number of hydrogen-bond donors (Lipinski definition) is 1. The fraction of sp³-hybridized carbons (Fsp3) is 0.688. The monoisotopic (exact) mass is 290 g/mol. The Bertz CT molecular complexity index is 516. The van der Waals surface area contributed by atoms with E-state index in [9.17, 15) is 4.79 Å². The van der Waals surface area contributed by atoms with Gasteiger partial charge in [0, 0.05) is 37.9 Å². The van der Waals surface area contributed by atoms with Crippen LogP contribution in [-0.2, 0) is 7.05 Å². The molecule has 0 spiro atoms. The van der Waals surface area contributed by atoms with E-state index in [2.05, 4.69) is 4.90 Å².